The molecule has 0 radical (unpaired) electrons. The fourth-order valence-electron chi connectivity index (χ4n) is 2.69. The molecule has 8 nitrogen and oxygen atoms in total. The van der Waals surface area contributed by atoms with Gasteiger partial charge in [0, 0.05) is 6.54 Å². The molecule has 1 aliphatic rings. The molecule has 0 aromatic heterocycles. The van der Waals surface area contributed by atoms with Crippen LogP contribution in [0.25, 0.3) is 0 Å². The maximum absolute atomic E-state index is 12.9. The van der Waals surface area contributed by atoms with E-state index in [0.29, 0.717) is 13.2 Å². The van der Waals surface area contributed by atoms with Crippen LogP contribution in [0.15, 0.2) is 17.0 Å². The highest BCUT2D eigenvalue weighted by Crippen LogP contribution is 2.36. The third-order valence-corrected chi connectivity index (χ3v) is 4.84. The van der Waals surface area contributed by atoms with E-state index in [-0.39, 0.29) is 40.0 Å². The first-order valence-electron chi connectivity index (χ1n) is 7.41. The predicted octanol–water partition coefficient (Wildman–Crippen LogP) is 0.601. The van der Waals surface area contributed by atoms with Gasteiger partial charge in [0.1, 0.15) is 5.75 Å². The van der Waals surface area contributed by atoms with Crippen LogP contribution in [0.4, 0.5) is 0 Å². The summed E-state index contributed by atoms with van der Waals surface area (Å²) in [6, 6.07) is 2.73. The lowest BCUT2D eigenvalue weighted by Gasteiger charge is -2.37. The van der Waals surface area contributed by atoms with Gasteiger partial charge in [0.2, 0.25) is 10.0 Å². The average Bonchev–Trinajstić information content (AvgIpc) is 2.54. The summed E-state index contributed by atoms with van der Waals surface area (Å²) in [6.07, 6.45) is -0.105. The highest BCUT2D eigenvalue weighted by atomic mass is 32.2. The number of ether oxygens (including phenoxy) is 3. The van der Waals surface area contributed by atoms with Gasteiger partial charge in [-0.05, 0) is 26.0 Å². The van der Waals surface area contributed by atoms with Gasteiger partial charge in [0.15, 0.2) is 10.6 Å². The van der Waals surface area contributed by atoms with Crippen molar-refractivity contribution in [1.29, 1.82) is 0 Å². The zero-order valence-corrected chi connectivity index (χ0v) is 14.9. The van der Waals surface area contributed by atoms with Crippen molar-refractivity contribution in [2.24, 2.45) is 5.14 Å². The van der Waals surface area contributed by atoms with E-state index in [1.54, 1.807) is 4.90 Å². The van der Waals surface area contributed by atoms with E-state index in [1.807, 2.05) is 13.8 Å². The maximum Gasteiger partial charge on any atom is 0.258 e. The Hall–Kier alpha value is -1.84. The molecule has 0 saturated carbocycles. The van der Waals surface area contributed by atoms with Crippen molar-refractivity contribution in [1.82, 2.24) is 4.90 Å². The largest absolute Gasteiger partial charge is 0.495 e. The van der Waals surface area contributed by atoms with Gasteiger partial charge < -0.3 is 19.1 Å². The van der Waals surface area contributed by atoms with Gasteiger partial charge in [0.05, 0.1) is 38.5 Å². The van der Waals surface area contributed by atoms with Crippen molar-refractivity contribution in [3.63, 3.8) is 0 Å². The number of benzene rings is 1. The first-order valence-corrected chi connectivity index (χ1v) is 8.95. The molecule has 1 fully saturated rings. The average molecular weight is 358 g/mol. The number of nitrogens with two attached hydrogens (primary N) is 1. The zero-order valence-electron chi connectivity index (χ0n) is 14.1. The van der Waals surface area contributed by atoms with Crippen LogP contribution in [-0.2, 0) is 14.8 Å². The molecule has 0 aliphatic carbocycles. The number of amides is 1. The van der Waals surface area contributed by atoms with Crippen LogP contribution in [0.1, 0.15) is 24.2 Å². The molecule has 9 heteroatoms. The fourth-order valence-corrected chi connectivity index (χ4v) is 3.57. The molecule has 1 amide bonds. The standard InChI is InChI=1S/C15H22N2O6S/c1-9-8-23-10(2)7-17(9)15(18)11-5-6-12(21-3)14(13(11)22-4)24(16,19)20/h5-6,9-10H,7-8H2,1-4H3,(H2,16,19,20)/t9-,10+/m0/s1. The molecule has 0 bridgehead atoms. The van der Waals surface area contributed by atoms with Gasteiger partial charge in [-0.15, -0.1) is 0 Å². The molecule has 0 unspecified atom stereocenters. The number of hydrogen-bond donors (Lipinski definition) is 1. The lowest BCUT2D eigenvalue weighted by Crippen LogP contribution is -2.50. The highest BCUT2D eigenvalue weighted by molar-refractivity contribution is 7.89. The second kappa shape index (κ2) is 6.96. The molecule has 1 aromatic rings. The Morgan fingerprint density at radius 2 is 1.96 bits per heavy atom. The Bertz CT molecular complexity index is 734. The summed E-state index contributed by atoms with van der Waals surface area (Å²) in [5.41, 5.74) is 0.114. The molecular formula is C15H22N2O6S. The molecule has 2 N–H and O–H groups in total. The number of carbonyl (C=O) groups is 1. The van der Waals surface area contributed by atoms with Gasteiger partial charge in [-0.2, -0.15) is 0 Å². The van der Waals surface area contributed by atoms with E-state index >= 15 is 0 Å². The van der Waals surface area contributed by atoms with E-state index in [4.69, 9.17) is 19.3 Å². The third kappa shape index (κ3) is 3.47. The van der Waals surface area contributed by atoms with E-state index < -0.39 is 10.0 Å². The molecule has 24 heavy (non-hydrogen) atoms. The zero-order chi connectivity index (χ0) is 18.1. The summed E-state index contributed by atoms with van der Waals surface area (Å²) in [6.45, 7) is 4.54. The summed E-state index contributed by atoms with van der Waals surface area (Å²) < 4.78 is 39.6. The smallest absolute Gasteiger partial charge is 0.258 e. The first-order chi connectivity index (χ1) is 11.2. The normalized spacial score (nSPS) is 21.5. The second-order valence-corrected chi connectivity index (χ2v) is 7.17. The number of methoxy groups -OCH3 is 2. The third-order valence-electron chi connectivity index (χ3n) is 3.88. The van der Waals surface area contributed by atoms with Crippen molar-refractivity contribution < 1.29 is 27.4 Å². The summed E-state index contributed by atoms with van der Waals surface area (Å²) >= 11 is 0. The minimum Gasteiger partial charge on any atom is -0.495 e. The number of morpholine rings is 1. The molecule has 134 valence electrons. The van der Waals surface area contributed by atoms with Crippen LogP contribution in [0.5, 0.6) is 11.5 Å². The number of nitrogens with zero attached hydrogens (tertiary/aromatic N) is 1. The fraction of sp³-hybridized carbons (Fsp3) is 0.533. The number of primary sulfonamides is 1. The number of sulfonamides is 1. The van der Waals surface area contributed by atoms with E-state index in [9.17, 15) is 13.2 Å². The van der Waals surface area contributed by atoms with Gasteiger partial charge >= 0.3 is 0 Å². The maximum atomic E-state index is 12.9. The lowest BCUT2D eigenvalue weighted by molar-refractivity contribution is -0.0388. The molecule has 0 spiro atoms. The summed E-state index contributed by atoms with van der Waals surface area (Å²) in [5.74, 6) is -0.440. The monoisotopic (exact) mass is 358 g/mol. The first kappa shape index (κ1) is 18.5. The molecule has 1 heterocycles. The van der Waals surface area contributed by atoms with Crippen LogP contribution in [0.3, 0.4) is 0 Å². The Labute approximate surface area is 141 Å². The van der Waals surface area contributed by atoms with Crippen LogP contribution in [0, 0.1) is 0 Å². The van der Waals surface area contributed by atoms with Crippen molar-refractivity contribution >= 4 is 15.9 Å². The van der Waals surface area contributed by atoms with Crippen LogP contribution in [0.2, 0.25) is 0 Å². The van der Waals surface area contributed by atoms with E-state index in [2.05, 4.69) is 0 Å². The minimum atomic E-state index is -4.14. The highest BCUT2D eigenvalue weighted by Gasteiger charge is 2.33. The number of hydrogen-bond acceptors (Lipinski definition) is 6. The summed E-state index contributed by atoms with van der Waals surface area (Å²) in [5, 5.41) is 5.27. The van der Waals surface area contributed by atoms with Crippen molar-refractivity contribution in [3.8, 4) is 11.5 Å². The van der Waals surface area contributed by atoms with Gasteiger partial charge in [0.25, 0.3) is 5.91 Å². The van der Waals surface area contributed by atoms with Gasteiger partial charge in [-0.1, -0.05) is 0 Å². The Morgan fingerprint density at radius 3 is 2.50 bits per heavy atom. The van der Waals surface area contributed by atoms with Gasteiger partial charge in [-0.25, -0.2) is 13.6 Å². The quantitative estimate of drug-likeness (QED) is 0.844. The number of carbonyl (C=O) groups excluding carboxylic acids is 1. The van der Waals surface area contributed by atoms with E-state index in [0.717, 1.165) is 0 Å². The van der Waals surface area contributed by atoms with Gasteiger partial charge in [-0.3, -0.25) is 4.79 Å². The molecule has 1 aromatic carbocycles. The lowest BCUT2D eigenvalue weighted by atomic mass is 10.1. The molecule has 2 rings (SSSR count). The Morgan fingerprint density at radius 1 is 1.29 bits per heavy atom. The summed E-state index contributed by atoms with van der Waals surface area (Å²) in [4.78, 5) is 14.2. The molecule has 2 atom stereocenters. The second-order valence-electron chi connectivity index (χ2n) is 5.67. The Kier molecular flexibility index (Phi) is 5.36. The molecular weight excluding hydrogens is 336 g/mol. The number of rotatable bonds is 4. The SMILES string of the molecule is COc1ccc(C(=O)N2C[C@@H](C)OC[C@@H]2C)c(OC)c1S(N)(=O)=O. The van der Waals surface area contributed by atoms with Crippen LogP contribution >= 0.6 is 0 Å². The van der Waals surface area contributed by atoms with Crippen molar-refractivity contribution in [3.05, 3.63) is 17.7 Å². The van der Waals surface area contributed by atoms with Crippen LogP contribution in [-0.4, -0.2) is 58.7 Å². The minimum absolute atomic E-state index is 0.0225. The van der Waals surface area contributed by atoms with Crippen molar-refractivity contribution in [2.75, 3.05) is 27.4 Å². The topological polar surface area (TPSA) is 108 Å². The van der Waals surface area contributed by atoms with Crippen molar-refractivity contribution in [2.45, 2.75) is 30.9 Å². The van der Waals surface area contributed by atoms with E-state index in [1.165, 1.54) is 26.4 Å². The predicted molar refractivity (Wildman–Crippen MR) is 86.8 cm³/mol. The Balaban J connectivity index is 2.56. The van der Waals surface area contributed by atoms with Crippen LogP contribution < -0.4 is 14.6 Å². The summed E-state index contributed by atoms with van der Waals surface area (Å²) in [7, 11) is -1.55. The molecule has 1 saturated heterocycles. The molecule has 1 aliphatic heterocycles.